The summed E-state index contributed by atoms with van der Waals surface area (Å²) in [5.74, 6) is -0.140. The molecule has 1 rings (SSSR count). The third-order valence-electron chi connectivity index (χ3n) is 2.59. The second-order valence-corrected chi connectivity index (χ2v) is 3.99. The number of carbonyl (C=O) groups is 1. The fourth-order valence-electron chi connectivity index (χ4n) is 1.73. The van der Waals surface area contributed by atoms with Crippen LogP contribution in [-0.2, 0) is 22.4 Å². The van der Waals surface area contributed by atoms with Gasteiger partial charge in [0.1, 0.15) is 0 Å². The number of benzene rings is 1. The van der Waals surface area contributed by atoms with E-state index in [2.05, 4.69) is 25.1 Å². The molecule has 2 heteroatoms. The van der Waals surface area contributed by atoms with E-state index in [0.717, 1.165) is 24.0 Å². The molecule has 0 radical (unpaired) electrons. The van der Waals surface area contributed by atoms with E-state index in [9.17, 15) is 4.79 Å². The fourth-order valence-corrected chi connectivity index (χ4v) is 1.73. The maximum Gasteiger partial charge on any atom is 0.310 e. The third kappa shape index (κ3) is 3.69. The summed E-state index contributed by atoms with van der Waals surface area (Å²) in [7, 11) is 0. The van der Waals surface area contributed by atoms with E-state index in [0.29, 0.717) is 13.0 Å². The molecule has 0 aliphatic heterocycles. The van der Waals surface area contributed by atoms with Crippen molar-refractivity contribution in [2.24, 2.45) is 0 Å². The van der Waals surface area contributed by atoms with Crippen LogP contribution in [0.25, 0.3) is 0 Å². The van der Waals surface area contributed by atoms with Crippen LogP contribution in [0.4, 0.5) is 0 Å². The lowest BCUT2D eigenvalue weighted by Gasteiger charge is -2.08. The van der Waals surface area contributed by atoms with E-state index < -0.39 is 0 Å². The predicted molar refractivity (Wildman–Crippen MR) is 65.5 cm³/mol. The molecule has 0 aromatic heterocycles. The topological polar surface area (TPSA) is 26.3 Å². The Balaban J connectivity index is 2.77. The summed E-state index contributed by atoms with van der Waals surface area (Å²) in [4.78, 5) is 11.4. The van der Waals surface area contributed by atoms with Crippen LogP contribution in [0.3, 0.4) is 0 Å². The van der Waals surface area contributed by atoms with Crippen LogP contribution < -0.4 is 0 Å². The average molecular weight is 220 g/mol. The van der Waals surface area contributed by atoms with Crippen LogP contribution >= 0.6 is 0 Å². The first-order chi connectivity index (χ1) is 7.67. The smallest absolute Gasteiger partial charge is 0.310 e. The van der Waals surface area contributed by atoms with Gasteiger partial charge >= 0.3 is 5.97 Å². The Morgan fingerprint density at radius 3 is 2.69 bits per heavy atom. The molecule has 0 bridgehead atoms. The molecule has 0 unspecified atom stereocenters. The summed E-state index contributed by atoms with van der Waals surface area (Å²) < 4.78 is 4.96. The molecule has 16 heavy (non-hydrogen) atoms. The Morgan fingerprint density at radius 1 is 1.31 bits per heavy atom. The van der Waals surface area contributed by atoms with Crippen molar-refractivity contribution in [3.8, 4) is 0 Å². The Kier molecular flexibility index (Phi) is 5.03. The number of carbonyl (C=O) groups excluding carboxylic acids is 1. The first kappa shape index (κ1) is 12.8. The second-order valence-electron chi connectivity index (χ2n) is 3.99. The molecule has 0 atom stereocenters. The monoisotopic (exact) mass is 220 g/mol. The molecule has 0 saturated carbocycles. The lowest BCUT2D eigenvalue weighted by molar-refractivity contribution is -0.142. The van der Waals surface area contributed by atoms with Gasteiger partial charge in [-0.1, -0.05) is 31.5 Å². The van der Waals surface area contributed by atoms with Crippen molar-refractivity contribution in [2.45, 2.75) is 40.0 Å². The molecule has 1 aromatic rings. The highest BCUT2D eigenvalue weighted by atomic mass is 16.5. The van der Waals surface area contributed by atoms with Crippen LogP contribution in [0.5, 0.6) is 0 Å². The summed E-state index contributed by atoms with van der Waals surface area (Å²) in [6.45, 7) is 6.47. The number of esters is 1. The molecule has 2 nitrogen and oxygen atoms in total. The number of ether oxygens (including phenoxy) is 1. The van der Waals surface area contributed by atoms with Crippen molar-refractivity contribution < 1.29 is 9.53 Å². The van der Waals surface area contributed by atoms with E-state index in [1.807, 2.05) is 13.8 Å². The molecular weight excluding hydrogens is 200 g/mol. The second kappa shape index (κ2) is 6.31. The number of hydrogen-bond acceptors (Lipinski definition) is 2. The third-order valence-corrected chi connectivity index (χ3v) is 2.59. The van der Waals surface area contributed by atoms with Crippen molar-refractivity contribution >= 4 is 5.97 Å². The molecule has 0 aliphatic carbocycles. The number of rotatable bonds is 5. The molecule has 1 aromatic carbocycles. The zero-order chi connectivity index (χ0) is 12.0. The van der Waals surface area contributed by atoms with Crippen molar-refractivity contribution in [1.29, 1.82) is 0 Å². The highest BCUT2D eigenvalue weighted by molar-refractivity contribution is 5.73. The van der Waals surface area contributed by atoms with Gasteiger partial charge in [0.15, 0.2) is 0 Å². The Labute approximate surface area is 97.6 Å². The molecule has 0 N–H and O–H groups in total. The Bertz CT molecular complexity index is 356. The average Bonchev–Trinajstić information content (AvgIpc) is 2.24. The standard InChI is InChI=1S/C14H20O2/c1-4-6-12-8-7-11(3)13(9-12)10-14(15)16-5-2/h7-9H,4-6,10H2,1-3H3. The summed E-state index contributed by atoms with van der Waals surface area (Å²) in [6.07, 6.45) is 2.58. The van der Waals surface area contributed by atoms with Crippen molar-refractivity contribution in [3.63, 3.8) is 0 Å². The van der Waals surface area contributed by atoms with Gasteiger partial charge in [-0.15, -0.1) is 0 Å². The van der Waals surface area contributed by atoms with Gasteiger partial charge in [0, 0.05) is 0 Å². The number of aryl methyl sites for hydroxylation is 2. The van der Waals surface area contributed by atoms with Gasteiger partial charge < -0.3 is 4.74 Å². The van der Waals surface area contributed by atoms with Gasteiger partial charge in [-0.05, 0) is 37.0 Å². The van der Waals surface area contributed by atoms with E-state index >= 15 is 0 Å². The molecule has 0 aliphatic rings. The van der Waals surface area contributed by atoms with Crippen LogP contribution in [0.1, 0.15) is 37.0 Å². The zero-order valence-electron chi connectivity index (χ0n) is 10.4. The van der Waals surface area contributed by atoms with Gasteiger partial charge in [0.25, 0.3) is 0 Å². The predicted octanol–water partition coefficient (Wildman–Crippen LogP) is 3.05. The van der Waals surface area contributed by atoms with Gasteiger partial charge in [-0.3, -0.25) is 4.79 Å². The van der Waals surface area contributed by atoms with Crippen molar-refractivity contribution in [3.05, 3.63) is 34.9 Å². The maximum absolute atomic E-state index is 11.4. The molecule has 0 fully saturated rings. The minimum Gasteiger partial charge on any atom is -0.466 e. The summed E-state index contributed by atoms with van der Waals surface area (Å²) >= 11 is 0. The Hall–Kier alpha value is -1.31. The summed E-state index contributed by atoms with van der Waals surface area (Å²) in [5.41, 5.74) is 3.55. The maximum atomic E-state index is 11.4. The Morgan fingerprint density at radius 2 is 2.06 bits per heavy atom. The van der Waals surface area contributed by atoms with E-state index in [-0.39, 0.29) is 5.97 Å². The normalized spacial score (nSPS) is 10.2. The minimum atomic E-state index is -0.140. The molecule has 0 amide bonds. The zero-order valence-corrected chi connectivity index (χ0v) is 10.4. The van der Waals surface area contributed by atoms with Gasteiger partial charge in [0.05, 0.1) is 13.0 Å². The van der Waals surface area contributed by atoms with Crippen LogP contribution in [0.2, 0.25) is 0 Å². The van der Waals surface area contributed by atoms with E-state index in [1.165, 1.54) is 5.56 Å². The first-order valence-electron chi connectivity index (χ1n) is 5.91. The van der Waals surface area contributed by atoms with E-state index in [1.54, 1.807) is 0 Å². The molecule has 0 saturated heterocycles. The van der Waals surface area contributed by atoms with Crippen LogP contribution in [-0.4, -0.2) is 12.6 Å². The highest BCUT2D eigenvalue weighted by Crippen LogP contribution is 2.14. The number of hydrogen-bond donors (Lipinski definition) is 0. The lowest BCUT2D eigenvalue weighted by atomic mass is 10.0. The first-order valence-corrected chi connectivity index (χ1v) is 5.91. The quantitative estimate of drug-likeness (QED) is 0.713. The molecule has 0 heterocycles. The van der Waals surface area contributed by atoms with E-state index in [4.69, 9.17) is 4.74 Å². The SMILES string of the molecule is CCCc1ccc(C)c(CC(=O)OCC)c1. The molecular formula is C14H20O2. The van der Waals surface area contributed by atoms with Crippen LogP contribution in [0.15, 0.2) is 18.2 Å². The van der Waals surface area contributed by atoms with Crippen molar-refractivity contribution in [1.82, 2.24) is 0 Å². The fraction of sp³-hybridized carbons (Fsp3) is 0.500. The summed E-state index contributed by atoms with van der Waals surface area (Å²) in [6, 6.07) is 6.34. The van der Waals surface area contributed by atoms with Crippen molar-refractivity contribution in [2.75, 3.05) is 6.61 Å². The van der Waals surface area contributed by atoms with Gasteiger partial charge in [0.2, 0.25) is 0 Å². The molecule has 88 valence electrons. The minimum absolute atomic E-state index is 0.140. The highest BCUT2D eigenvalue weighted by Gasteiger charge is 2.07. The largest absolute Gasteiger partial charge is 0.466 e. The van der Waals surface area contributed by atoms with Gasteiger partial charge in [-0.2, -0.15) is 0 Å². The lowest BCUT2D eigenvalue weighted by Crippen LogP contribution is -2.08. The van der Waals surface area contributed by atoms with Crippen LogP contribution in [0, 0.1) is 6.92 Å². The molecule has 0 spiro atoms. The summed E-state index contributed by atoms with van der Waals surface area (Å²) in [5, 5.41) is 0. The van der Waals surface area contributed by atoms with Gasteiger partial charge in [-0.25, -0.2) is 0 Å².